The zero-order valence-electron chi connectivity index (χ0n) is 14.2. The van der Waals surface area contributed by atoms with E-state index < -0.39 is 17.9 Å². The van der Waals surface area contributed by atoms with Crippen molar-refractivity contribution in [2.24, 2.45) is 0 Å². The molecule has 0 rings (SSSR count). The van der Waals surface area contributed by atoms with Crippen LogP contribution >= 0.6 is 0 Å². The van der Waals surface area contributed by atoms with Crippen LogP contribution in [0, 0.1) is 0 Å². The maximum absolute atomic E-state index is 10.7. The molecule has 8 nitrogen and oxygen atoms in total. The van der Waals surface area contributed by atoms with Gasteiger partial charge in [0, 0.05) is 25.7 Å². The molecule has 0 heterocycles. The highest BCUT2D eigenvalue weighted by atomic mass is 16.5. The van der Waals surface area contributed by atoms with Crippen molar-refractivity contribution in [3.63, 3.8) is 0 Å². The van der Waals surface area contributed by atoms with Gasteiger partial charge in [-0.05, 0) is 25.7 Å². The number of esters is 1. The summed E-state index contributed by atoms with van der Waals surface area (Å²) in [5.74, 6) is -2.65. The molecule has 0 spiro atoms. The topological polar surface area (TPSA) is 138 Å². The second-order valence-electron chi connectivity index (χ2n) is 5.23. The molecule has 0 aromatic rings. The minimum absolute atomic E-state index is 0.0628. The molecular formula is C16H28O8. The third-order valence-electron chi connectivity index (χ3n) is 3.03. The third kappa shape index (κ3) is 24.9. The Morgan fingerprint density at radius 1 is 0.583 bits per heavy atom. The molecule has 0 aliphatic carbocycles. The molecule has 0 fully saturated rings. The van der Waals surface area contributed by atoms with Gasteiger partial charge >= 0.3 is 23.9 Å². The summed E-state index contributed by atoms with van der Waals surface area (Å²) in [4.78, 5) is 40.6. The van der Waals surface area contributed by atoms with Crippen LogP contribution in [-0.2, 0) is 23.9 Å². The monoisotopic (exact) mass is 348 g/mol. The van der Waals surface area contributed by atoms with Gasteiger partial charge in [0.1, 0.15) is 0 Å². The first-order chi connectivity index (χ1) is 11.3. The number of rotatable bonds is 13. The molecule has 24 heavy (non-hydrogen) atoms. The lowest BCUT2D eigenvalue weighted by Gasteiger charge is -1.99. The smallest absolute Gasteiger partial charge is 0.305 e. The average Bonchev–Trinajstić information content (AvgIpc) is 2.50. The molecule has 0 aliphatic heterocycles. The van der Waals surface area contributed by atoms with Gasteiger partial charge in [-0.15, -0.1) is 0 Å². The number of ether oxygens (including phenoxy) is 1. The van der Waals surface area contributed by atoms with Crippen LogP contribution in [0.3, 0.4) is 0 Å². The van der Waals surface area contributed by atoms with Crippen molar-refractivity contribution in [3.8, 4) is 0 Å². The molecule has 3 N–H and O–H groups in total. The van der Waals surface area contributed by atoms with Gasteiger partial charge in [0.2, 0.25) is 0 Å². The second-order valence-corrected chi connectivity index (χ2v) is 5.23. The molecule has 0 radical (unpaired) electrons. The van der Waals surface area contributed by atoms with Gasteiger partial charge in [-0.3, -0.25) is 19.2 Å². The quantitative estimate of drug-likeness (QED) is 0.341. The van der Waals surface area contributed by atoms with Gasteiger partial charge in [-0.1, -0.05) is 19.3 Å². The Morgan fingerprint density at radius 3 is 1.21 bits per heavy atom. The van der Waals surface area contributed by atoms with E-state index in [1.165, 1.54) is 7.11 Å². The van der Waals surface area contributed by atoms with Gasteiger partial charge in [-0.25, -0.2) is 0 Å². The van der Waals surface area contributed by atoms with Gasteiger partial charge in [0.15, 0.2) is 0 Å². The maximum Gasteiger partial charge on any atom is 0.305 e. The number of hydrogen-bond acceptors (Lipinski definition) is 5. The summed E-state index contributed by atoms with van der Waals surface area (Å²) in [6, 6.07) is 0. The van der Waals surface area contributed by atoms with Crippen LogP contribution in [0.1, 0.15) is 70.6 Å². The Labute approximate surface area is 141 Å². The molecular weight excluding hydrogens is 320 g/mol. The van der Waals surface area contributed by atoms with Gasteiger partial charge < -0.3 is 20.1 Å². The van der Waals surface area contributed by atoms with Crippen molar-refractivity contribution in [2.45, 2.75) is 70.6 Å². The third-order valence-corrected chi connectivity index (χ3v) is 3.03. The van der Waals surface area contributed by atoms with E-state index in [0.717, 1.165) is 32.1 Å². The largest absolute Gasteiger partial charge is 0.481 e. The van der Waals surface area contributed by atoms with Crippen molar-refractivity contribution in [1.29, 1.82) is 0 Å². The Bertz CT molecular complexity index is 362. The summed E-state index contributed by atoms with van der Waals surface area (Å²) in [5, 5.41) is 24.6. The summed E-state index contributed by atoms with van der Waals surface area (Å²) in [5.41, 5.74) is 0. The second kappa shape index (κ2) is 17.2. The van der Waals surface area contributed by atoms with Crippen molar-refractivity contribution in [2.75, 3.05) is 7.11 Å². The Morgan fingerprint density at radius 2 is 0.875 bits per heavy atom. The molecule has 140 valence electrons. The van der Waals surface area contributed by atoms with E-state index in [4.69, 9.17) is 15.3 Å². The molecule has 0 atom stereocenters. The van der Waals surface area contributed by atoms with Crippen LogP contribution in [-0.4, -0.2) is 46.3 Å². The summed E-state index contributed by atoms with van der Waals surface area (Å²) in [6.45, 7) is 0. The predicted octanol–water partition coefficient (Wildman–Crippen LogP) is 2.69. The number of carbonyl (C=O) groups is 4. The van der Waals surface area contributed by atoms with Gasteiger partial charge in [-0.2, -0.15) is 0 Å². The molecule has 0 saturated carbocycles. The Balaban J connectivity index is 0. The Kier molecular flexibility index (Phi) is 17.3. The van der Waals surface area contributed by atoms with Crippen molar-refractivity contribution in [1.82, 2.24) is 0 Å². The normalized spacial score (nSPS) is 9.54. The molecule has 0 aliphatic rings. The average molecular weight is 348 g/mol. The lowest BCUT2D eigenvalue weighted by atomic mass is 10.1. The first-order valence-electron chi connectivity index (χ1n) is 8.01. The highest BCUT2D eigenvalue weighted by molar-refractivity contribution is 5.69. The Hall–Kier alpha value is -2.12. The molecule has 0 amide bonds. The molecule has 0 aromatic carbocycles. The fourth-order valence-electron chi connectivity index (χ4n) is 1.73. The lowest BCUT2D eigenvalue weighted by Crippen LogP contribution is -1.99. The van der Waals surface area contributed by atoms with Gasteiger partial charge in [0.05, 0.1) is 7.11 Å². The van der Waals surface area contributed by atoms with Crippen molar-refractivity contribution in [3.05, 3.63) is 0 Å². The number of carboxylic acid groups (broad SMARTS) is 3. The first-order valence-corrected chi connectivity index (χ1v) is 8.01. The summed E-state index contributed by atoms with van der Waals surface area (Å²) in [6.07, 6.45) is 6.18. The van der Waals surface area contributed by atoms with E-state index in [1.807, 2.05) is 0 Å². The first kappa shape index (κ1) is 24.1. The number of unbranched alkanes of at least 4 members (excludes halogenated alkanes) is 5. The molecule has 8 heteroatoms. The van der Waals surface area contributed by atoms with Crippen LogP contribution in [0.5, 0.6) is 0 Å². The standard InChI is InChI=1S/C10H18O4.C6H10O4/c1-14-10(13)8-6-4-2-3-5-7-9(11)12;7-5(8)3-1-2-4-6(9)10/h2-8H2,1H3,(H,11,12);1-4H2,(H,7,8)(H,9,10). The molecule has 0 aromatic heterocycles. The summed E-state index contributed by atoms with van der Waals surface area (Å²) >= 11 is 0. The van der Waals surface area contributed by atoms with Crippen molar-refractivity contribution < 1.29 is 39.2 Å². The fraction of sp³-hybridized carbons (Fsp3) is 0.750. The van der Waals surface area contributed by atoms with Crippen LogP contribution in [0.2, 0.25) is 0 Å². The molecule has 0 bridgehead atoms. The van der Waals surface area contributed by atoms with Crippen LogP contribution < -0.4 is 0 Å². The van der Waals surface area contributed by atoms with E-state index in [9.17, 15) is 19.2 Å². The predicted molar refractivity (Wildman–Crippen MR) is 85.7 cm³/mol. The van der Waals surface area contributed by atoms with E-state index in [1.54, 1.807) is 0 Å². The van der Waals surface area contributed by atoms with Crippen LogP contribution in [0.15, 0.2) is 0 Å². The van der Waals surface area contributed by atoms with Crippen LogP contribution in [0.25, 0.3) is 0 Å². The number of methoxy groups -OCH3 is 1. The van der Waals surface area contributed by atoms with E-state index >= 15 is 0 Å². The summed E-state index contributed by atoms with van der Waals surface area (Å²) in [7, 11) is 1.38. The minimum Gasteiger partial charge on any atom is -0.481 e. The van der Waals surface area contributed by atoms with Gasteiger partial charge in [0.25, 0.3) is 0 Å². The highest BCUT2D eigenvalue weighted by Crippen LogP contribution is 2.07. The fourth-order valence-corrected chi connectivity index (χ4v) is 1.73. The molecule has 0 saturated heterocycles. The highest BCUT2D eigenvalue weighted by Gasteiger charge is 2.00. The minimum atomic E-state index is -0.870. The zero-order chi connectivity index (χ0) is 18.8. The maximum atomic E-state index is 10.7. The SMILES string of the molecule is COC(=O)CCCCCCCC(=O)O.O=C(O)CCCCC(=O)O. The molecule has 0 unspecified atom stereocenters. The summed E-state index contributed by atoms with van der Waals surface area (Å²) < 4.78 is 4.49. The van der Waals surface area contributed by atoms with E-state index in [0.29, 0.717) is 19.3 Å². The number of aliphatic carboxylic acids is 3. The van der Waals surface area contributed by atoms with Crippen molar-refractivity contribution >= 4 is 23.9 Å². The van der Waals surface area contributed by atoms with Crippen LogP contribution in [0.4, 0.5) is 0 Å². The number of hydrogen-bond donors (Lipinski definition) is 3. The number of carbonyl (C=O) groups excluding carboxylic acids is 1. The van der Waals surface area contributed by atoms with E-state index in [2.05, 4.69) is 4.74 Å². The van der Waals surface area contributed by atoms with E-state index in [-0.39, 0.29) is 25.2 Å². The number of carboxylic acids is 3. The zero-order valence-corrected chi connectivity index (χ0v) is 14.2. The lowest BCUT2D eigenvalue weighted by molar-refractivity contribution is -0.141.